The largest absolute Gasteiger partial charge is 0.256 e. The van der Waals surface area contributed by atoms with Gasteiger partial charge in [-0.3, -0.25) is 4.98 Å². The van der Waals surface area contributed by atoms with Gasteiger partial charge in [-0.1, -0.05) is 92.3 Å². The minimum atomic E-state index is -1.48. The van der Waals surface area contributed by atoms with E-state index in [0.717, 1.165) is 35.2 Å². The highest BCUT2D eigenvalue weighted by molar-refractivity contribution is 6.59. The van der Waals surface area contributed by atoms with Crippen LogP contribution in [0.1, 0.15) is 43.2 Å². The molecule has 1 nitrogen and oxygen atoms in total. The molecule has 0 bridgehead atoms. The van der Waals surface area contributed by atoms with Gasteiger partial charge in [-0.15, -0.1) is 5.11 Å². The number of hydrogen-bond donors (Lipinski definition) is 0. The zero-order chi connectivity index (χ0) is 20.5. The second-order valence-electron chi connectivity index (χ2n) is 8.21. The van der Waals surface area contributed by atoms with Crippen LogP contribution in [0.3, 0.4) is 0 Å². The Morgan fingerprint density at radius 1 is 0.793 bits per heavy atom. The summed E-state index contributed by atoms with van der Waals surface area (Å²) in [7, 11) is 24.8. The van der Waals surface area contributed by atoms with Gasteiger partial charge in [0.2, 0.25) is 0 Å². The number of benzene rings is 2. The fraction of sp³-hybridized carbons (Fsp3) is 0.292. The number of nitrogens with zero attached hydrogens (tertiary/aromatic N) is 1. The molecule has 0 aliphatic heterocycles. The lowest BCUT2D eigenvalue weighted by atomic mass is 9.39. The highest BCUT2D eigenvalue weighted by Gasteiger charge is 2.28. The van der Waals surface area contributed by atoms with E-state index in [1.807, 2.05) is 36.4 Å². The van der Waals surface area contributed by atoms with Gasteiger partial charge < -0.3 is 0 Å². The fourth-order valence-electron chi connectivity index (χ4n) is 4.26. The van der Waals surface area contributed by atoms with E-state index in [1.165, 1.54) is 24.8 Å². The van der Waals surface area contributed by atoms with Crippen LogP contribution in [-0.2, 0) is 10.4 Å². The van der Waals surface area contributed by atoms with Gasteiger partial charge in [0.15, 0.2) is 0 Å². The molecule has 3 aromatic rings. The minimum Gasteiger partial charge on any atom is -0.256 e. The second kappa shape index (κ2) is 7.94. The summed E-state index contributed by atoms with van der Waals surface area (Å²) in [5, 5.41) is -1.71. The third-order valence-electron chi connectivity index (χ3n) is 5.96. The molecule has 8 radical (unpaired) electrons. The second-order valence-corrected chi connectivity index (χ2v) is 8.21. The van der Waals surface area contributed by atoms with Crippen molar-refractivity contribution in [2.45, 2.75) is 42.5 Å². The summed E-state index contributed by atoms with van der Waals surface area (Å²) in [6.45, 7) is 0. The summed E-state index contributed by atoms with van der Waals surface area (Å²) in [6.07, 6.45) is 7.37. The molecule has 0 spiro atoms. The third-order valence-corrected chi connectivity index (χ3v) is 5.96. The first-order chi connectivity index (χ1) is 13.9. The van der Waals surface area contributed by atoms with Crippen LogP contribution in [0.25, 0.3) is 22.4 Å². The molecule has 1 heterocycles. The molecule has 1 aliphatic rings. The maximum Gasteiger partial charge on any atom is 0.0810 e. The van der Waals surface area contributed by atoms with Crippen LogP contribution in [0.4, 0.5) is 0 Å². The van der Waals surface area contributed by atoms with Crippen LogP contribution < -0.4 is 0 Å². The first-order valence-corrected chi connectivity index (χ1v) is 10.2. The van der Waals surface area contributed by atoms with Crippen molar-refractivity contribution in [2.75, 3.05) is 0 Å². The van der Waals surface area contributed by atoms with Gasteiger partial charge >= 0.3 is 0 Å². The third kappa shape index (κ3) is 4.25. The molecule has 29 heavy (non-hydrogen) atoms. The Bertz CT molecular complexity index is 972. The summed E-state index contributed by atoms with van der Waals surface area (Å²) in [5.41, 5.74) is 5.53. The Kier molecular flexibility index (Phi) is 5.51. The Morgan fingerprint density at radius 2 is 1.45 bits per heavy atom. The van der Waals surface area contributed by atoms with E-state index in [9.17, 15) is 0 Å². The van der Waals surface area contributed by atoms with E-state index in [4.69, 9.17) is 31.4 Å². The topological polar surface area (TPSA) is 12.9 Å². The average molecular weight is 367 g/mol. The summed E-state index contributed by atoms with van der Waals surface area (Å²) < 4.78 is 0. The number of hydrogen-bond acceptors (Lipinski definition) is 1. The zero-order valence-electron chi connectivity index (χ0n) is 16.6. The van der Waals surface area contributed by atoms with E-state index in [2.05, 4.69) is 29.2 Å². The normalized spacial score (nSPS) is 16.4. The van der Waals surface area contributed by atoms with Crippen LogP contribution in [0, 0.1) is 0 Å². The molecule has 0 saturated heterocycles. The van der Waals surface area contributed by atoms with Crippen molar-refractivity contribution in [1.82, 2.24) is 4.98 Å². The van der Waals surface area contributed by atoms with Crippen molar-refractivity contribution in [2.24, 2.45) is 0 Å². The lowest BCUT2D eigenvalue weighted by molar-refractivity contribution is 0.398. The molecule has 4 rings (SSSR count). The van der Waals surface area contributed by atoms with Crippen LogP contribution >= 0.6 is 0 Å². The molecule has 0 atom stereocenters. The van der Waals surface area contributed by atoms with E-state index < -0.39 is 5.11 Å². The molecular weight excluding hydrogens is 346 g/mol. The Balaban J connectivity index is 1.76. The Morgan fingerprint density at radius 3 is 2.07 bits per heavy atom. The van der Waals surface area contributed by atoms with Gasteiger partial charge in [-0.05, 0) is 28.1 Å². The monoisotopic (exact) mass is 367 g/mol. The standard InChI is InChI=1S/C24H21B4N/c25-23(13-5-2-6-14-23)19-11-9-17(10-12-19)20-15-22(18-7-3-1-4-8-18)29-16-21(20)24(26,27)28/h1,3-4,7-12,15-16H,2,5-6,13-14H2. The SMILES string of the molecule is [B]C([B])([B])c1cnc(-c2ccccc2)cc1-c1ccc(C2([B])CCCCC2)cc1. The van der Waals surface area contributed by atoms with Gasteiger partial charge in [0.05, 0.1) is 37.1 Å². The first-order valence-electron chi connectivity index (χ1n) is 10.2. The molecular formula is C24H21B4N. The van der Waals surface area contributed by atoms with Gasteiger partial charge in [0.25, 0.3) is 0 Å². The lowest BCUT2D eigenvalue weighted by Crippen LogP contribution is -2.29. The van der Waals surface area contributed by atoms with E-state index >= 15 is 0 Å². The van der Waals surface area contributed by atoms with Crippen LogP contribution in [0.5, 0.6) is 0 Å². The maximum absolute atomic E-state index is 6.70. The molecule has 0 unspecified atom stereocenters. The number of aromatic nitrogens is 1. The zero-order valence-corrected chi connectivity index (χ0v) is 16.6. The molecule has 134 valence electrons. The van der Waals surface area contributed by atoms with Crippen molar-refractivity contribution in [1.29, 1.82) is 0 Å². The summed E-state index contributed by atoms with van der Waals surface area (Å²) in [6, 6.07) is 20.4. The summed E-state index contributed by atoms with van der Waals surface area (Å²) in [4.78, 5) is 4.54. The lowest BCUT2D eigenvalue weighted by Gasteiger charge is -2.35. The summed E-state index contributed by atoms with van der Waals surface area (Å²) in [5.74, 6) is 0. The van der Waals surface area contributed by atoms with Crippen LogP contribution in [0.2, 0.25) is 0 Å². The number of rotatable bonds is 4. The highest BCUT2D eigenvalue weighted by atomic mass is 14.7. The van der Waals surface area contributed by atoms with Gasteiger partial charge in [0.1, 0.15) is 0 Å². The molecule has 1 saturated carbocycles. The summed E-state index contributed by atoms with van der Waals surface area (Å²) >= 11 is 0. The highest BCUT2D eigenvalue weighted by Crippen LogP contribution is 2.38. The van der Waals surface area contributed by atoms with Gasteiger partial charge in [-0.25, -0.2) is 0 Å². The molecule has 0 N–H and O–H groups in total. The predicted molar refractivity (Wildman–Crippen MR) is 125 cm³/mol. The predicted octanol–water partition coefficient (Wildman–Crippen LogP) is 4.36. The molecule has 1 aliphatic carbocycles. The fourth-order valence-corrected chi connectivity index (χ4v) is 4.26. The number of pyridine rings is 1. The van der Waals surface area contributed by atoms with Crippen LogP contribution in [-0.4, -0.2) is 36.4 Å². The molecule has 0 amide bonds. The van der Waals surface area contributed by atoms with E-state index in [1.54, 1.807) is 6.20 Å². The van der Waals surface area contributed by atoms with Crippen molar-refractivity contribution < 1.29 is 0 Å². The van der Waals surface area contributed by atoms with Gasteiger partial charge in [0, 0.05) is 11.8 Å². The van der Waals surface area contributed by atoms with Crippen LogP contribution in [0.15, 0.2) is 66.9 Å². The Hall–Kier alpha value is -2.15. The quantitative estimate of drug-likeness (QED) is 0.625. The van der Waals surface area contributed by atoms with E-state index in [-0.39, 0.29) is 5.31 Å². The van der Waals surface area contributed by atoms with Crippen molar-refractivity contribution in [3.63, 3.8) is 0 Å². The van der Waals surface area contributed by atoms with Crippen molar-refractivity contribution >= 4 is 31.4 Å². The molecule has 1 fully saturated rings. The van der Waals surface area contributed by atoms with E-state index in [0.29, 0.717) is 5.56 Å². The maximum atomic E-state index is 6.70. The smallest absolute Gasteiger partial charge is 0.0810 e. The molecule has 1 aromatic heterocycles. The molecule has 2 aromatic carbocycles. The Labute approximate surface area is 179 Å². The van der Waals surface area contributed by atoms with Crippen molar-refractivity contribution in [3.8, 4) is 22.4 Å². The average Bonchev–Trinajstić information content (AvgIpc) is 2.74. The van der Waals surface area contributed by atoms with Gasteiger partial charge in [-0.2, -0.15) is 0 Å². The molecule has 5 heteroatoms. The first kappa shape index (κ1) is 20.1. The van der Waals surface area contributed by atoms with Crippen molar-refractivity contribution in [3.05, 3.63) is 78.0 Å². The minimum absolute atomic E-state index is 0.230.